The van der Waals surface area contributed by atoms with Gasteiger partial charge in [0.05, 0.1) is 18.8 Å². The first-order valence-electron chi connectivity index (χ1n) is 10.1. The normalized spacial score (nSPS) is 30.6. The molecule has 0 radical (unpaired) electrons. The van der Waals surface area contributed by atoms with Crippen LogP contribution in [-0.2, 0) is 9.47 Å². The number of nitrogens with zero attached hydrogens (tertiary/aromatic N) is 1. The average molecular weight is 396 g/mol. The van der Waals surface area contributed by atoms with Crippen LogP contribution < -0.4 is 5.73 Å². The Kier molecular flexibility index (Phi) is 7.24. The number of rotatable bonds is 6. The van der Waals surface area contributed by atoms with Gasteiger partial charge in [0, 0.05) is 12.1 Å². The first-order valence-corrected chi connectivity index (χ1v) is 10.1. The summed E-state index contributed by atoms with van der Waals surface area (Å²) in [5, 5.41) is 0. The Balaban J connectivity index is 1.49. The minimum absolute atomic E-state index is 0.141. The van der Waals surface area contributed by atoms with Gasteiger partial charge in [-0.25, -0.2) is 13.6 Å². The maximum Gasteiger partial charge on any atom is 0.410 e. The van der Waals surface area contributed by atoms with Gasteiger partial charge in [0.25, 0.3) is 6.43 Å². The average Bonchev–Trinajstić information content (AvgIpc) is 2.98. The summed E-state index contributed by atoms with van der Waals surface area (Å²) in [6.07, 6.45) is 1.41. The zero-order valence-corrected chi connectivity index (χ0v) is 16.3. The summed E-state index contributed by atoms with van der Waals surface area (Å²) in [5.41, 5.74) is 7.57. The molecule has 1 amide bonds. The fourth-order valence-electron chi connectivity index (χ4n) is 4.45. The summed E-state index contributed by atoms with van der Waals surface area (Å²) in [6.45, 7) is 1.28. The van der Waals surface area contributed by atoms with Crippen molar-refractivity contribution in [2.75, 3.05) is 13.2 Å². The summed E-state index contributed by atoms with van der Waals surface area (Å²) < 4.78 is 35.5. The fourth-order valence-corrected chi connectivity index (χ4v) is 4.45. The molecular formula is C21H30F2N2O3. The number of carbonyl (C=O) groups is 1. The predicted molar refractivity (Wildman–Crippen MR) is 102 cm³/mol. The van der Waals surface area contributed by atoms with Crippen molar-refractivity contribution in [3.05, 3.63) is 35.9 Å². The van der Waals surface area contributed by atoms with Gasteiger partial charge < -0.3 is 15.2 Å². The molecular weight excluding hydrogens is 366 g/mol. The van der Waals surface area contributed by atoms with Crippen molar-refractivity contribution < 1.29 is 23.0 Å². The lowest BCUT2D eigenvalue weighted by Gasteiger charge is -2.32. The van der Waals surface area contributed by atoms with E-state index in [1.165, 1.54) is 10.5 Å². The van der Waals surface area contributed by atoms with Crippen molar-refractivity contribution in [1.82, 2.24) is 4.90 Å². The van der Waals surface area contributed by atoms with Crippen LogP contribution in [0.4, 0.5) is 13.6 Å². The van der Waals surface area contributed by atoms with Gasteiger partial charge in [0.2, 0.25) is 0 Å². The number of likely N-dealkylation sites (tertiary alicyclic amines) is 1. The van der Waals surface area contributed by atoms with Crippen LogP contribution in [0.25, 0.3) is 0 Å². The molecule has 0 bridgehead atoms. The summed E-state index contributed by atoms with van der Waals surface area (Å²) >= 11 is 0. The second-order valence-corrected chi connectivity index (χ2v) is 7.91. The van der Waals surface area contributed by atoms with E-state index < -0.39 is 19.1 Å². The molecule has 1 heterocycles. The lowest BCUT2D eigenvalue weighted by Crippen LogP contribution is -2.48. The SMILES string of the molecule is C[C@@H]1C[C@H](N)C(COC2CCC(c3ccccc3)CC2)N1C(=O)OCC(F)F. The third kappa shape index (κ3) is 5.20. The highest BCUT2D eigenvalue weighted by Gasteiger charge is 2.41. The van der Waals surface area contributed by atoms with Gasteiger partial charge in [-0.3, -0.25) is 4.90 Å². The van der Waals surface area contributed by atoms with Gasteiger partial charge in [-0.05, 0) is 50.5 Å². The Morgan fingerprint density at radius 2 is 1.89 bits per heavy atom. The largest absolute Gasteiger partial charge is 0.443 e. The van der Waals surface area contributed by atoms with Gasteiger partial charge in [0.15, 0.2) is 6.61 Å². The number of alkyl halides is 2. The highest BCUT2D eigenvalue weighted by Crippen LogP contribution is 2.34. The molecule has 7 heteroatoms. The van der Waals surface area contributed by atoms with Crippen LogP contribution >= 0.6 is 0 Å². The van der Waals surface area contributed by atoms with Gasteiger partial charge in [-0.1, -0.05) is 30.3 Å². The van der Waals surface area contributed by atoms with Crippen molar-refractivity contribution in [3.63, 3.8) is 0 Å². The number of amides is 1. The molecule has 2 N–H and O–H groups in total. The van der Waals surface area contributed by atoms with Gasteiger partial charge in [0.1, 0.15) is 0 Å². The molecule has 1 aliphatic heterocycles. The molecule has 28 heavy (non-hydrogen) atoms. The molecule has 0 spiro atoms. The molecule has 1 saturated carbocycles. The molecule has 1 aliphatic carbocycles. The quantitative estimate of drug-likeness (QED) is 0.792. The summed E-state index contributed by atoms with van der Waals surface area (Å²) in [4.78, 5) is 13.7. The van der Waals surface area contributed by atoms with E-state index in [2.05, 4.69) is 24.3 Å². The van der Waals surface area contributed by atoms with Gasteiger partial charge in [-0.15, -0.1) is 0 Å². The number of benzene rings is 1. The number of nitrogens with two attached hydrogens (primary N) is 1. The number of carbonyl (C=O) groups excluding carboxylic acids is 1. The summed E-state index contributed by atoms with van der Waals surface area (Å²) in [6, 6.07) is 9.79. The van der Waals surface area contributed by atoms with E-state index in [4.69, 9.17) is 15.2 Å². The van der Waals surface area contributed by atoms with E-state index in [-0.39, 0.29) is 24.2 Å². The highest BCUT2D eigenvalue weighted by molar-refractivity contribution is 5.69. The highest BCUT2D eigenvalue weighted by atomic mass is 19.3. The van der Waals surface area contributed by atoms with E-state index in [1.807, 2.05) is 13.0 Å². The fraction of sp³-hybridized carbons (Fsp3) is 0.667. The Morgan fingerprint density at radius 1 is 1.21 bits per heavy atom. The number of hydrogen-bond acceptors (Lipinski definition) is 4. The second-order valence-electron chi connectivity index (χ2n) is 7.91. The van der Waals surface area contributed by atoms with E-state index in [0.29, 0.717) is 18.9 Å². The Bertz CT molecular complexity index is 623. The van der Waals surface area contributed by atoms with Crippen LogP contribution in [0.15, 0.2) is 30.3 Å². The molecule has 2 fully saturated rings. The standard InChI is InChI=1S/C21H30F2N2O3/c1-14-11-18(24)19(25(14)21(26)28-13-20(22)23)12-27-17-9-7-16(8-10-17)15-5-3-2-4-6-15/h2-6,14,16-20H,7-13,24H2,1H3/t14-,16?,17?,18+,19?/m1/s1. The Morgan fingerprint density at radius 3 is 2.54 bits per heavy atom. The third-order valence-corrected chi connectivity index (χ3v) is 5.93. The molecule has 3 rings (SSSR count). The van der Waals surface area contributed by atoms with Crippen molar-refractivity contribution in [1.29, 1.82) is 0 Å². The van der Waals surface area contributed by atoms with Crippen molar-refractivity contribution in [2.24, 2.45) is 5.73 Å². The van der Waals surface area contributed by atoms with Crippen LogP contribution in [0, 0.1) is 0 Å². The smallest absolute Gasteiger partial charge is 0.410 e. The Labute approximate surface area is 165 Å². The van der Waals surface area contributed by atoms with Crippen LogP contribution in [0.1, 0.15) is 50.5 Å². The maximum absolute atomic E-state index is 12.4. The van der Waals surface area contributed by atoms with Crippen LogP contribution in [0.3, 0.4) is 0 Å². The lowest BCUT2D eigenvalue weighted by atomic mass is 9.83. The zero-order chi connectivity index (χ0) is 20.1. The summed E-state index contributed by atoms with van der Waals surface area (Å²) in [5.74, 6) is 0.565. The van der Waals surface area contributed by atoms with Crippen molar-refractivity contribution in [3.8, 4) is 0 Å². The maximum atomic E-state index is 12.4. The minimum Gasteiger partial charge on any atom is -0.443 e. The molecule has 1 aromatic rings. The molecule has 5 nitrogen and oxygen atoms in total. The molecule has 1 saturated heterocycles. The molecule has 156 valence electrons. The topological polar surface area (TPSA) is 64.8 Å². The lowest BCUT2D eigenvalue weighted by molar-refractivity contribution is -0.0164. The van der Waals surface area contributed by atoms with Crippen LogP contribution in [-0.4, -0.2) is 54.9 Å². The van der Waals surface area contributed by atoms with Crippen LogP contribution in [0.2, 0.25) is 0 Å². The van der Waals surface area contributed by atoms with Crippen molar-refractivity contribution in [2.45, 2.75) is 75.6 Å². The number of hydrogen-bond donors (Lipinski definition) is 1. The molecule has 0 aromatic heterocycles. The third-order valence-electron chi connectivity index (χ3n) is 5.93. The second kappa shape index (κ2) is 9.65. The van der Waals surface area contributed by atoms with E-state index >= 15 is 0 Å². The molecule has 1 aromatic carbocycles. The van der Waals surface area contributed by atoms with E-state index in [0.717, 1.165) is 25.7 Å². The predicted octanol–water partition coefficient (Wildman–Crippen LogP) is 3.92. The van der Waals surface area contributed by atoms with Crippen LogP contribution in [0.5, 0.6) is 0 Å². The van der Waals surface area contributed by atoms with Gasteiger partial charge in [-0.2, -0.15) is 0 Å². The molecule has 3 atom stereocenters. The zero-order valence-electron chi connectivity index (χ0n) is 16.3. The minimum atomic E-state index is -2.68. The molecule has 1 unspecified atom stereocenters. The summed E-state index contributed by atoms with van der Waals surface area (Å²) in [7, 11) is 0. The monoisotopic (exact) mass is 396 g/mol. The first-order chi connectivity index (χ1) is 13.5. The van der Waals surface area contributed by atoms with Crippen molar-refractivity contribution >= 4 is 6.09 Å². The molecule has 2 aliphatic rings. The number of ether oxygens (including phenoxy) is 2. The first kappa shape index (κ1) is 21.0. The van der Waals surface area contributed by atoms with E-state index in [9.17, 15) is 13.6 Å². The number of halogens is 2. The van der Waals surface area contributed by atoms with E-state index in [1.54, 1.807) is 0 Å². The Hall–Kier alpha value is -1.73. The van der Waals surface area contributed by atoms with Gasteiger partial charge >= 0.3 is 6.09 Å².